The molecule has 0 bridgehead atoms. The predicted octanol–water partition coefficient (Wildman–Crippen LogP) is 5.43. The van der Waals surface area contributed by atoms with Crippen molar-refractivity contribution in [2.24, 2.45) is 5.92 Å². The predicted molar refractivity (Wildman–Crippen MR) is 112 cm³/mol. The first kappa shape index (κ1) is 19.2. The smallest absolute Gasteiger partial charge is 0.307 e. The first-order chi connectivity index (χ1) is 13.5. The summed E-state index contributed by atoms with van der Waals surface area (Å²) in [6, 6.07) is 13.7. The molecule has 2 atom stereocenters. The molecule has 2 aromatic carbocycles. The fourth-order valence-electron chi connectivity index (χ4n) is 4.03. The Bertz CT molecular complexity index is 1020. The van der Waals surface area contributed by atoms with Gasteiger partial charge in [-0.1, -0.05) is 47.5 Å². The second-order valence-electron chi connectivity index (χ2n) is 7.20. The van der Waals surface area contributed by atoms with Crippen LogP contribution in [0.2, 0.25) is 10.0 Å². The number of nitrogens with zero attached hydrogens (tertiary/aromatic N) is 2. The van der Waals surface area contributed by atoms with E-state index in [4.69, 9.17) is 23.2 Å². The van der Waals surface area contributed by atoms with Gasteiger partial charge in [0.2, 0.25) is 0 Å². The van der Waals surface area contributed by atoms with Crippen LogP contribution in [-0.4, -0.2) is 34.0 Å². The van der Waals surface area contributed by atoms with Crippen LogP contribution in [0.4, 0.5) is 0 Å². The van der Waals surface area contributed by atoms with E-state index in [1.165, 1.54) is 0 Å². The molecule has 1 N–H and O–H groups in total. The number of benzene rings is 2. The van der Waals surface area contributed by atoms with Crippen LogP contribution in [-0.2, 0) is 4.79 Å². The van der Waals surface area contributed by atoms with Crippen LogP contribution >= 0.6 is 23.2 Å². The number of carbonyl (C=O) groups is 1. The molecule has 2 unspecified atom stereocenters. The van der Waals surface area contributed by atoms with Gasteiger partial charge >= 0.3 is 5.97 Å². The molecule has 28 heavy (non-hydrogen) atoms. The van der Waals surface area contributed by atoms with Crippen LogP contribution in [0, 0.1) is 5.92 Å². The third kappa shape index (κ3) is 3.72. The number of piperidine rings is 1. The molecule has 1 aliphatic heterocycles. The topological polar surface area (TPSA) is 53.4 Å². The molecule has 0 radical (unpaired) electrons. The molecular formula is C22H20Cl2N2O2. The van der Waals surface area contributed by atoms with E-state index in [1.807, 2.05) is 30.5 Å². The highest BCUT2D eigenvalue weighted by molar-refractivity contribution is 6.42. The Morgan fingerprint density at radius 1 is 1.18 bits per heavy atom. The molecule has 4 rings (SSSR count). The van der Waals surface area contributed by atoms with E-state index in [0.29, 0.717) is 23.0 Å². The molecule has 0 spiro atoms. The van der Waals surface area contributed by atoms with Crippen molar-refractivity contribution in [3.8, 4) is 0 Å². The Hall–Kier alpha value is -2.14. The maximum absolute atomic E-state index is 11.6. The number of pyridine rings is 1. The average molecular weight is 415 g/mol. The second-order valence-corrected chi connectivity index (χ2v) is 7.99. The number of likely N-dealkylation sites (tertiary alicyclic amines) is 1. The maximum Gasteiger partial charge on any atom is 0.307 e. The zero-order chi connectivity index (χ0) is 19.7. The Morgan fingerprint density at radius 3 is 2.86 bits per heavy atom. The van der Waals surface area contributed by atoms with E-state index >= 15 is 0 Å². The van der Waals surface area contributed by atoms with Crippen LogP contribution in [0.1, 0.15) is 30.0 Å². The molecule has 6 heteroatoms. The summed E-state index contributed by atoms with van der Waals surface area (Å²) in [4.78, 5) is 18.0. The molecule has 144 valence electrons. The van der Waals surface area contributed by atoms with E-state index in [1.54, 1.807) is 12.3 Å². The van der Waals surface area contributed by atoms with E-state index in [2.05, 4.69) is 22.0 Å². The average Bonchev–Trinajstić information content (AvgIpc) is 2.71. The normalized spacial score (nSPS) is 18.9. The van der Waals surface area contributed by atoms with Crippen molar-refractivity contribution in [2.75, 3.05) is 13.1 Å². The first-order valence-electron chi connectivity index (χ1n) is 9.29. The van der Waals surface area contributed by atoms with E-state index in [9.17, 15) is 9.90 Å². The SMILES string of the molecule is O=C(O)C1CCCN(C(c2ccc3cnccc3c2)c2cccc(Cl)c2Cl)C1. The van der Waals surface area contributed by atoms with Crippen molar-refractivity contribution in [3.63, 3.8) is 0 Å². The summed E-state index contributed by atoms with van der Waals surface area (Å²) < 4.78 is 0. The number of halogens is 2. The molecule has 3 aromatic rings. The largest absolute Gasteiger partial charge is 0.481 e. The molecular weight excluding hydrogens is 395 g/mol. The van der Waals surface area contributed by atoms with Gasteiger partial charge in [0, 0.05) is 24.3 Å². The number of carboxylic acid groups (broad SMARTS) is 1. The lowest BCUT2D eigenvalue weighted by atomic mass is 9.90. The van der Waals surface area contributed by atoms with Crippen molar-refractivity contribution in [2.45, 2.75) is 18.9 Å². The summed E-state index contributed by atoms with van der Waals surface area (Å²) in [5.41, 5.74) is 1.96. The summed E-state index contributed by atoms with van der Waals surface area (Å²) in [6.07, 6.45) is 5.14. The van der Waals surface area contributed by atoms with Gasteiger partial charge in [-0.3, -0.25) is 14.7 Å². The van der Waals surface area contributed by atoms with Crippen LogP contribution in [0.5, 0.6) is 0 Å². The van der Waals surface area contributed by atoms with Gasteiger partial charge in [-0.15, -0.1) is 0 Å². The number of rotatable bonds is 4. The van der Waals surface area contributed by atoms with Gasteiger partial charge in [0.25, 0.3) is 0 Å². The summed E-state index contributed by atoms with van der Waals surface area (Å²) in [7, 11) is 0. The fourth-order valence-corrected chi connectivity index (χ4v) is 4.44. The Morgan fingerprint density at radius 2 is 2.04 bits per heavy atom. The number of aliphatic carboxylic acids is 1. The summed E-state index contributed by atoms with van der Waals surface area (Å²) >= 11 is 12.9. The lowest BCUT2D eigenvalue weighted by Gasteiger charge is -2.38. The highest BCUT2D eigenvalue weighted by atomic mass is 35.5. The number of hydrogen-bond acceptors (Lipinski definition) is 3. The van der Waals surface area contributed by atoms with Gasteiger partial charge in [-0.25, -0.2) is 0 Å². The minimum atomic E-state index is -0.745. The minimum absolute atomic E-state index is 0.161. The quantitative estimate of drug-likeness (QED) is 0.618. The van der Waals surface area contributed by atoms with Crippen LogP contribution in [0.15, 0.2) is 54.9 Å². The van der Waals surface area contributed by atoms with Gasteiger partial charge in [0.15, 0.2) is 0 Å². The van der Waals surface area contributed by atoms with Crippen LogP contribution < -0.4 is 0 Å². The molecule has 0 saturated carbocycles. The lowest BCUT2D eigenvalue weighted by Crippen LogP contribution is -2.41. The van der Waals surface area contributed by atoms with Crippen molar-refractivity contribution in [3.05, 3.63) is 76.0 Å². The van der Waals surface area contributed by atoms with Gasteiger partial charge in [0.1, 0.15) is 0 Å². The zero-order valence-electron chi connectivity index (χ0n) is 15.2. The number of aromatic nitrogens is 1. The zero-order valence-corrected chi connectivity index (χ0v) is 16.7. The molecule has 1 aliphatic rings. The van der Waals surface area contributed by atoms with Gasteiger partial charge in [-0.2, -0.15) is 0 Å². The molecule has 4 nitrogen and oxygen atoms in total. The van der Waals surface area contributed by atoms with Gasteiger partial charge in [-0.05, 0) is 54.1 Å². The van der Waals surface area contributed by atoms with E-state index in [0.717, 1.165) is 34.9 Å². The van der Waals surface area contributed by atoms with Gasteiger partial charge < -0.3 is 5.11 Å². The molecule has 1 aromatic heterocycles. The first-order valence-corrected chi connectivity index (χ1v) is 10.0. The third-order valence-corrected chi connectivity index (χ3v) is 6.26. The molecule has 2 heterocycles. The minimum Gasteiger partial charge on any atom is -0.481 e. The maximum atomic E-state index is 11.6. The summed E-state index contributed by atoms with van der Waals surface area (Å²) in [5.74, 6) is -1.12. The standard InChI is InChI=1S/C22H20Cl2N2O2/c23-19-5-1-4-18(20(19)24)21(26-10-2-3-17(13-26)22(27)28)15-6-7-16-12-25-9-8-14(16)11-15/h1,4-9,11-12,17,21H,2-3,10,13H2,(H,27,28). The van der Waals surface area contributed by atoms with Crippen molar-refractivity contribution in [1.82, 2.24) is 9.88 Å². The molecule has 0 aliphatic carbocycles. The number of fused-ring (bicyclic) bond motifs is 1. The van der Waals surface area contributed by atoms with Crippen LogP contribution in [0.25, 0.3) is 10.8 Å². The van der Waals surface area contributed by atoms with Crippen molar-refractivity contribution in [1.29, 1.82) is 0 Å². The summed E-state index contributed by atoms with van der Waals surface area (Å²) in [5, 5.41) is 12.7. The second kappa shape index (κ2) is 8.08. The molecule has 1 fully saturated rings. The Labute approximate surface area is 173 Å². The highest BCUT2D eigenvalue weighted by Crippen LogP contribution is 2.39. The Kier molecular flexibility index (Phi) is 5.54. The fraction of sp³-hybridized carbons (Fsp3) is 0.273. The molecule has 0 amide bonds. The van der Waals surface area contributed by atoms with Crippen molar-refractivity contribution < 1.29 is 9.90 Å². The third-order valence-electron chi connectivity index (χ3n) is 5.42. The van der Waals surface area contributed by atoms with Gasteiger partial charge in [0.05, 0.1) is 22.0 Å². The van der Waals surface area contributed by atoms with E-state index < -0.39 is 5.97 Å². The number of carboxylic acids is 1. The van der Waals surface area contributed by atoms with Crippen LogP contribution in [0.3, 0.4) is 0 Å². The summed E-state index contributed by atoms with van der Waals surface area (Å²) in [6.45, 7) is 1.29. The highest BCUT2D eigenvalue weighted by Gasteiger charge is 2.32. The lowest BCUT2D eigenvalue weighted by molar-refractivity contribution is -0.143. The Balaban J connectivity index is 1.83. The number of hydrogen-bond donors (Lipinski definition) is 1. The monoisotopic (exact) mass is 414 g/mol. The van der Waals surface area contributed by atoms with Crippen molar-refractivity contribution >= 4 is 39.9 Å². The molecule has 1 saturated heterocycles. The van der Waals surface area contributed by atoms with E-state index in [-0.39, 0.29) is 12.0 Å².